The van der Waals surface area contributed by atoms with Gasteiger partial charge in [0.2, 0.25) is 0 Å². The first kappa shape index (κ1) is 11.8. The normalized spacial score (nSPS) is 22.1. The molecule has 17 heavy (non-hydrogen) atoms. The van der Waals surface area contributed by atoms with Crippen molar-refractivity contribution in [1.29, 1.82) is 0 Å². The summed E-state index contributed by atoms with van der Waals surface area (Å²) in [6, 6.07) is 4.06. The van der Waals surface area contributed by atoms with Gasteiger partial charge in [0.05, 0.1) is 0 Å². The topological polar surface area (TPSA) is 58.1 Å². The highest BCUT2D eigenvalue weighted by atomic mass is 16.2. The number of nitrogens with zero attached hydrogens (tertiary/aromatic N) is 3. The summed E-state index contributed by atoms with van der Waals surface area (Å²) in [6.07, 6.45) is 2.40. The molecule has 1 aliphatic rings. The molecule has 2 atom stereocenters. The van der Waals surface area contributed by atoms with Gasteiger partial charge in [-0.15, -0.1) is 10.2 Å². The second kappa shape index (κ2) is 4.69. The molecule has 2 unspecified atom stereocenters. The number of nitrogens with one attached hydrogen (secondary N) is 1. The fraction of sp³-hybridized carbons (Fsp3) is 0.583. The van der Waals surface area contributed by atoms with Gasteiger partial charge in [-0.25, -0.2) is 0 Å². The molecule has 1 aromatic rings. The van der Waals surface area contributed by atoms with Crippen molar-refractivity contribution in [3.63, 3.8) is 0 Å². The maximum Gasteiger partial charge on any atom is 0.273 e. The number of hydrogen-bond acceptors (Lipinski definition) is 4. The van der Waals surface area contributed by atoms with Gasteiger partial charge in [-0.3, -0.25) is 4.79 Å². The number of amides is 1. The molecule has 1 fully saturated rings. The van der Waals surface area contributed by atoms with E-state index in [0.717, 1.165) is 11.7 Å². The van der Waals surface area contributed by atoms with Crippen LogP contribution in [0.2, 0.25) is 0 Å². The fourth-order valence-corrected chi connectivity index (χ4v) is 1.82. The van der Waals surface area contributed by atoms with E-state index >= 15 is 0 Å². The lowest BCUT2D eigenvalue weighted by atomic mass is 10.3. The van der Waals surface area contributed by atoms with Crippen molar-refractivity contribution in [2.24, 2.45) is 5.92 Å². The molecular weight excluding hydrogens is 216 g/mol. The zero-order valence-electron chi connectivity index (χ0n) is 10.5. The largest absolute Gasteiger partial charge is 0.366 e. The van der Waals surface area contributed by atoms with Gasteiger partial charge in [0.15, 0.2) is 5.69 Å². The van der Waals surface area contributed by atoms with Crippen molar-refractivity contribution in [1.82, 2.24) is 15.1 Å². The average molecular weight is 234 g/mol. The minimum absolute atomic E-state index is 0.123. The van der Waals surface area contributed by atoms with Gasteiger partial charge in [-0.2, -0.15) is 0 Å². The first-order valence-electron chi connectivity index (χ1n) is 5.93. The van der Waals surface area contributed by atoms with Gasteiger partial charge < -0.3 is 10.2 Å². The number of carbonyl (C=O) groups excluding carboxylic acids is 1. The lowest BCUT2D eigenvalue weighted by molar-refractivity contribution is 0.0821. The van der Waals surface area contributed by atoms with Crippen LogP contribution in [0.5, 0.6) is 0 Å². The number of carbonyl (C=O) groups is 1. The van der Waals surface area contributed by atoms with Crippen molar-refractivity contribution in [3.05, 3.63) is 17.8 Å². The van der Waals surface area contributed by atoms with Crippen LogP contribution in [0, 0.1) is 5.92 Å². The highest BCUT2D eigenvalue weighted by Gasteiger charge is 2.35. The van der Waals surface area contributed by atoms with Crippen molar-refractivity contribution in [2.75, 3.05) is 19.4 Å². The van der Waals surface area contributed by atoms with Crippen LogP contribution in [0.1, 0.15) is 30.3 Å². The van der Waals surface area contributed by atoms with Crippen LogP contribution < -0.4 is 5.32 Å². The van der Waals surface area contributed by atoms with E-state index in [9.17, 15) is 4.79 Å². The molecule has 1 aromatic heterocycles. The summed E-state index contributed by atoms with van der Waals surface area (Å²) in [7, 11) is 3.40. The summed E-state index contributed by atoms with van der Waals surface area (Å²) in [5.74, 6) is 1.39. The highest BCUT2D eigenvalue weighted by Crippen LogP contribution is 2.35. The first-order chi connectivity index (χ1) is 8.11. The Morgan fingerprint density at radius 3 is 2.71 bits per heavy atom. The third-order valence-corrected chi connectivity index (χ3v) is 3.07. The lowest BCUT2D eigenvalue weighted by Gasteiger charge is -2.09. The smallest absolute Gasteiger partial charge is 0.273 e. The third-order valence-electron chi connectivity index (χ3n) is 3.07. The lowest BCUT2D eigenvalue weighted by Crippen LogP contribution is -2.23. The molecular formula is C12H18N4O. The molecule has 0 aliphatic heterocycles. The molecule has 1 saturated carbocycles. The minimum Gasteiger partial charge on any atom is -0.366 e. The Morgan fingerprint density at radius 1 is 1.47 bits per heavy atom. The van der Waals surface area contributed by atoms with E-state index in [0.29, 0.717) is 11.7 Å². The van der Waals surface area contributed by atoms with Crippen LogP contribution in [0.15, 0.2) is 12.1 Å². The molecule has 0 aromatic carbocycles. The van der Waals surface area contributed by atoms with Gasteiger partial charge in [-0.1, -0.05) is 13.3 Å². The summed E-state index contributed by atoms with van der Waals surface area (Å²) < 4.78 is 0. The van der Waals surface area contributed by atoms with Crippen LogP contribution in [-0.2, 0) is 0 Å². The molecule has 1 amide bonds. The number of rotatable bonds is 4. The van der Waals surface area contributed by atoms with Crippen LogP contribution in [0.4, 0.5) is 5.82 Å². The van der Waals surface area contributed by atoms with E-state index in [1.807, 2.05) is 6.07 Å². The average Bonchev–Trinajstić information content (AvgIpc) is 3.07. The standard InChI is InChI=1S/C12H18N4O/c1-4-8-7-10(8)13-11-6-5-9(14-15-11)12(17)16(2)3/h5-6,8,10H,4,7H2,1-3H3,(H,13,15). The summed E-state index contributed by atoms with van der Waals surface area (Å²) >= 11 is 0. The van der Waals surface area contributed by atoms with Crippen LogP contribution >= 0.6 is 0 Å². The molecule has 5 nitrogen and oxygen atoms in total. The second-order valence-electron chi connectivity index (χ2n) is 4.66. The predicted octanol–water partition coefficient (Wildman–Crippen LogP) is 1.39. The molecule has 2 rings (SSSR count). The van der Waals surface area contributed by atoms with Crippen LogP contribution in [0.25, 0.3) is 0 Å². The van der Waals surface area contributed by atoms with Crippen molar-refractivity contribution in [3.8, 4) is 0 Å². The first-order valence-corrected chi connectivity index (χ1v) is 5.93. The van der Waals surface area contributed by atoms with Gasteiger partial charge >= 0.3 is 0 Å². The summed E-state index contributed by atoms with van der Waals surface area (Å²) in [5.41, 5.74) is 0.378. The van der Waals surface area contributed by atoms with Gasteiger partial charge in [0.1, 0.15) is 5.82 Å². The molecule has 0 radical (unpaired) electrons. The molecule has 0 spiro atoms. The van der Waals surface area contributed by atoms with Gasteiger partial charge in [0.25, 0.3) is 5.91 Å². The molecule has 1 heterocycles. The second-order valence-corrected chi connectivity index (χ2v) is 4.66. The van der Waals surface area contributed by atoms with E-state index in [4.69, 9.17) is 0 Å². The van der Waals surface area contributed by atoms with E-state index < -0.39 is 0 Å². The van der Waals surface area contributed by atoms with Crippen molar-refractivity contribution >= 4 is 11.7 Å². The summed E-state index contributed by atoms with van der Waals surface area (Å²) in [5, 5.41) is 11.3. The van der Waals surface area contributed by atoms with Gasteiger partial charge in [-0.05, 0) is 24.5 Å². The summed E-state index contributed by atoms with van der Waals surface area (Å²) in [6.45, 7) is 2.19. The zero-order valence-corrected chi connectivity index (χ0v) is 10.5. The Hall–Kier alpha value is -1.65. The Morgan fingerprint density at radius 2 is 2.24 bits per heavy atom. The van der Waals surface area contributed by atoms with Gasteiger partial charge in [0, 0.05) is 20.1 Å². The molecule has 92 valence electrons. The monoisotopic (exact) mass is 234 g/mol. The van der Waals surface area contributed by atoms with E-state index in [1.165, 1.54) is 17.7 Å². The van der Waals surface area contributed by atoms with Crippen LogP contribution in [-0.4, -0.2) is 41.1 Å². The predicted molar refractivity (Wildman–Crippen MR) is 65.9 cm³/mol. The Balaban J connectivity index is 1.96. The molecule has 0 bridgehead atoms. The van der Waals surface area contributed by atoms with Crippen molar-refractivity contribution in [2.45, 2.75) is 25.8 Å². The third kappa shape index (κ3) is 2.72. The quantitative estimate of drug-likeness (QED) is 0.855. The zero-order chi connectivity index (χ0) is 12.4. The Kier molecular flexibility index (Phi) is 3.26. The van der Waals surface area contributed by atoms with E-state index in [-0.39, 0.29) is 5.91 Å². The fourth-order valence-electron chi connectivity index (χ4n) is 1.82. The minimum atomic E-state index is -0.123. The molecule has 1 aliphatic carbocycles. The maximum atomic E-state index is 11.6. The highest BCUT2D eigenvalue weighted by molar-refractivity contribution is 5.91. The number of hydrogen-bond donors (Lipinski definition) is 1. The van der Waals surface area contributed by atoms with E-state index in [2.05, 4.69) is 22.4 Å². The van der Waals surface area contributed by atoms with E-state index in [1.54, 1.807) is 20.2 Å². The Bertz CT molecular complexity index is 401. The molecule has 5 heteroatoms. The summed E-state index contributed by atoms with van der Waals surface area (Å²) in [4.78, 5) is 13.1. The number of anilines is 1. The SMILES string of the molecule is CCC1CC1Nc1ccc(C(=O)N(C)C)nn1. The molecule has 1 N–H and O–H groups in total. The molecule has 0 saturated heterocycles. The van der Waals surface area contributed by atoms with Crippen LogP contribution in [0.3, 0.4) is 0 Å². The maximum absolute atomic E-state index is 11.6. The Labute approximate surface area is 101 Å². The number of aromatic nitrogens is 2. The van der Waals surface area contributed by atoms with Crippen molar-refractivity contribution < 1.29 is 4.79 Å².